The van der Waals surface area contributed by atoms with Crippen LogP contribution in [0.5, 0.6) is 17.2 Å². The molecule has 0 radical (unpaired) electrons. The van der Waals surface area contributed by atoms with Gasteiger partial charge in [-0.2, -0.15) is 0 Å². The highest BCUT2D eigenvalue weighted by Gasteiger charge is 2.05. The molecule has 0 aliphatic carbocycles. The van der Waals surface area contributed by atoms with Gasteiger partial charge in [0.15, 0.2) is 5.75 Å². The lowest BCUT2D eigenvalue weighted by molar-refractivity contribution is 0.412. The molecule has 1 aromatic carbocycles. The molecule has 17 heavy (non-hydrogen) atoms. The predicted molar refractivity (Wildman–Crippen MR) is 66.5 cm³/mol. The quantitative estimate of drug-likeness (QED) is 0.880. The number of nitrogens with two attached hydrogens (primary N) is 1. The van der Waals surface area contributed by atoms with Crippen LogP contribution >= 0.6 is 0 Å². The average Bonchev–Trinajstić information content (AvgIpc) is 2.34. The summed E-state index contributed by atoms with van der Waals surface area (Å²) in [5.41, 5.74) is 7.27. The van der Waals surface area contributed by atoms with Crippen LogP contribution in [0.1, 0.15) is 5.56 Å². The van der Waals surface area contributed by atoms with E-state index in [9.17, 15) is 0 Å². The van der Waals surface area contributed by atoms with Gasteiger partial charge in [-0.3, -0.25) is 4.98 Å². The zero-order valence-corrected chi connectivity index (χ0v) is 9.81. The van der Waals surface area contributed by atoms with Crippen LogP contribution in [-0.2, 0) is 0 Å². The summed E-state index contributed by atoms with van der Waals surface area (Å²) in [5, 5.41) is 0. The fraction of sp³-hybridized carbons (Fsp3) is 0.154. The van der Waals surface area contributed by atoms with Crippen molar-refractivity contribution in [1.29, 1.82) is 0 Å². The van der Waals surface area contributed by atoms with Gasteiger partial charge in [0.05, 0.1) is 19.0 Å². The Balaban J connectivity index is 2.28. The minimum atomic E-state index is 0.516. The molecule has 2 aromatic rings. The van der Waals surface area contributed by atoms with E-state index in [1.807, 2.05) is 25.1 Å². The Kier molecular flexibility index (Phi) is 3.14. The van der Waals surface area contributed by atoms with Crippen molar-refractivity contribution < 1.29 is 9.47 Å². The van der Waals surface area contributed by atoms with E-state index in [-0.39, 0.29) is 0 Å². The van der Waals surface area contributed by atoms with Gasteiger partial charge in [-0.1, -0.05) is 0 Å². The second-order valence-electron chi connectivity index (χ2n) is 3.65. The molecule has 88 valence electrons. The molecule has 4 heteroatoms. The molecular formula is C13H14N2O2. The van der Waals surface area contributed by atoms with Crippen molar-refractivity contribution in [3.05, 3.63) is 42.2 Å². The summed E-state index contributed by atoms with van der Waals surface area (Å²) in [5.74, 6) is 2.16. The monoisotopic (exact) mass is 230 g/mol. The maximum Gasteiger partial charge on any atom is 0.153 e. The van der Waals surface area contributed by atoms with Crippen molar-refractivity contribution in [2.75, 3.05) is 12.8 Å². The molecule has 0 aliphatic rings. The summed E-state index contributed by atoms with van der Waals surface area (Å²) in [6.07, 6.45) is 3.21. The highest BCUT2D eigenvalue weighted by atomic mass is 16.5. The molecule has 0 unspecified atom stereocenters. The van der Waals surface area contributed by atoms with Gasteiger partial charge in [-0.25, -0.2) is 0 Å². The summed E-state index contributed by atoms with van der Waals surface area (Å²) >= 11 is 0. The Hall–Kier alpha value is -2.23. The van der Waals surface area contributed by atoms with Crippen LogP contribution in [0.25, 0.3) is 0 Å². The molecule has 2 rings (SSSR count). The first-order valence-corrected chi connectivity index (χ1v) is 5.22. The Morgan fingerprint density at radius 2 is 2.00 bits per heavy atom. The Morgan fingerprint density at radius 3 is 2.65 bits per heavy atom. The Bertz CT molecular complexity index is 527. The van der Waals surface area contributed by atoms with E-state index in [4.69, 9.17) is 15.2 Å². The lowest BCUT2D eigenvalue weighted by atomic mass is 10.2. The zero-order valence-electron chi connectivity index (χ0n) is 9.81. The van der Waals surface area contributed by atoms with Gasteiger partial charge in [0.1, 0.15) is 11.5 Å². The van der Waals surface area contributed by atoms with Gasteiger partial charge in [0.25, 0.3) is 0 Å². The Morgan fingerprint density at radius 1 is 1.18 bits per heavy atom. The Labute approximate surface area is 100 Å². The first kappa shape index (κ1) is 11.3. The van der Waals surface area contributed by atoms with Crippen LogP contribution in [-0.4, -0.2) is 12.1 Å². The second-order valence-corrected chi connectivity index (χ2v) is 3.65. The first-order valence-electron chi connectivity index (χ1n) is 5.22. The van der Waals surface area contributed by atoms with E-state index in [0.29, 0.717) is 11.4 Å². The molecular weight excluding hydrogens is 216 g/mol. The second kappa shape index (κ2) is 4.74. The van der Waals surface area contributed by atoms with Gasteiger partial charge >= 0.3 is 0 Å². The first-order chi connectivity index (χ1) is 8.20. The number of aryl methyl sites for hydroxylation is 1. The van der Waals surface area contributed by atoms with E-state index >= 15 is 0 Å². The smallest absolute Gasteiger partial charge is 0.153 e. The van der Waals surface area contributed by atoms with E-state index in [0.717, 1.165) is 17.1 Å². The highest BCUT2D eigenvalue weighted by molar-refractivity contribution is 5.52. The maximum atomic E-state index is 5.76. The third-order valence-electron chi connectivity index (χ3n) is 2.41. The topological polar surface area (TPSA) is 57.4 Å². The fourth-order valence-corrected chi connectivity index (χ4v) is 1.47. The van der Waals surface area contributed by atoms with Crippen LogP contribution < -0.4 is 15.2 Å². The van der Waals surface area contributed by atoms with Gasteiger partial charge in [0.2, 0.25) is 0 Å². The summed E-state index contributed by atoms with van der Waals surface area (Å²) in [6, 6.07) is 7.35. The summed E-state index contributed by atoms with van der Waals surface area (Å²) in [7, 11) is 1.64. The van der Waals surface area contributed by atoms with E-state index < -0.39 is 0 Å². The number of anilines is 1. The fourth-order valence-electron chi connectivity index (χ4n) is 1.47. The van der Waals surface area contributed by atoms with Crippen molar-refractivity contribution in [3.8, 4) is 17.2 Å². The maximum absolute atomic E-state index is 5.76. The predicted octanol–water partition coefficient (Wildman–Crippen LogP) is 2.77. The lowest BCUT2D eigenvalue weighted by Crippen LogP contribution is -1.94. The standard InChI is InChI=1S/C13H14N2O2/c1-9-7-10(16-2)3-4-12(9)17-13-5-6-15-8-11(13)14/h3-8H,14H2,1-2H3. The van der Waals surface area contributed by atoms with Crippen LogP contribution in [0.15, 0.2) is 36.7 Å². The molecule has 0 saturated heterocycles. The number of ether oxygens (including phenoxy) is 2. The number of nitrogen functional groups attached to an aromatic ring is 1. The third kappa shape index (κ3) is 2.47. The molecule has 0 aliphatic heterocycles. The average molecular weight is 230 g/mol. The van der Waals surface area contributed by atoms with Gasteiger partial charge in [-0.05, 0) is 30.7 Å². The molecule has 1 heterocycles. The molecule has 0 saturated carbocycles. The van der Waals surface area contributed by atoms with Crippen LogP contribution in [0.3, 0.4) is 0 Å². The number of methoxy groups -OCH3 is 1. The molecule has 2 N–H and O–H groups in total. The molecule has 4 nitrogen and oxygen atoms in total. The number of pyridine rings is 1. The number of benzene rings is 1. The molecule has 0 atom stereocenters. The zero-order chi connectivity index (χ0) is 12.3. The summed E-state index contributed by atoms with van der Waals surface area (Å²) in [4.78, 5) is 3.91. The van der Waals surface area contributed by atoms with Crippen molar-refractivity contribution in [3.63, 3.8) is 0 Å². The van der Waals surface area contributed by atoms with Crippen LogP contribution in [0.4, 0.5) is 5.69 Å². The van der Waals surface area contributed by atoms with E-state index in [2.05, 4.69) is 4.98 Å². The SMILES string of the molecule is COc1ccc(Oc2ccncc2N)c(C)c1. The molecule has 0 spiro atoms. The number of nitrogens with zero attached hydrogens (tertiary/aromatic N) is 1. The van der Waals surface area contributed by atoms with Crippen molar-refractivity contribution in [1.82, 2.24) is 4.98 Å². The summed E-state index contributed by atoms with van der Waals surface area (Å²) < 4.78 is 10.9. The van der Waals surface area contributed by atoms with Crippen LogP contribution in [0, 0.1) is 6.92 Å². The van der Waals surface area contributed by atoms with Gasteiger partial charge in [0, 0.05) is 12.3 Å². The number of aromatic nitrogens is 1. The minimum absolute atomic E-state index is 0.516. The number of rotatable bonds is 3. The van der Waals surface area contributed by atoms with E-state index in [1.165, 1.54) is 0 Å². The molecule has 0 bridgehead atoms. The van der Waals surface area contributed by atoms with E-state index in [1.54, 1.807) is 25.6 Å². The molecule has 0 fully saturated rings. The highest BCUT2D eigenvalue weighted by Crippen LogP contribution is 2.30. The third-order valence-corrected chi connectivity index (χ3v) is 2.41. The molecule has 1 aromatic heterocycles. The molecule has 0 amide bonds. The van der Waals surface area contributed by atoms with Crippen LogP contribution in [0.2, 0.25) is 0 Å². The van der Waals surface area contributed by atoms with Crippen molar-refractivity contribution >= 4 is 5.69 Å². The summed E-state index contributed by atoms with van der Waals surface area (Å²) in [6.45, 7) is 1.95. The number of hydrogen-bond donors (Lipinski definition) is 1. The minimum Gasteiger partial charge on any atom is -0.497 e. The number of hydrogen-bond acceptors (Lipinski definition) is 4. The largest absolute Gasteiger partial charge is 0.497 e. The van der Waals surface area contributed by atoms with Gasteiger partial charge < -0.3 is 15.2 Å². The lowest BCUT2D eigenvalue weighted by Gasteiger charge is -2.11. The normalized spacial score (nSPS) is 10.0. The van der Waals surface area contributed by atoms with Crippen molar-refractivity contribution in [2.45, 2.75) is 6.92 Å². The van der Waals surface area contributed by atoms with Gasteiger partial charge in [-0.15, -0.1) is 0 Å². The van der Waals surface area contributed by atoms with Crippen molar-refractivity contribution in [2.24, 2.45) is 0 Å².